The lowest BCUT2D eigenvalue weighted by Crippen LogP contribution is -2.51. The first-order chi connectivity index (χ1) is 10.1. The summed E-state index contributed by atoms with van der Waals surface area (Å²) in [4.78, 5) is 25.9. The normalized spacial score (nSPS) is 17.4. The van der Waals surface area contributed by atoms with Crippen molar-refractivity contribution in [1.82, 2.24) is 4.90 Å². The number of rotatable bonds is 2. The summed E-state index contributed by atoms with van der Waals surface area (Å²) in [7, 11) is 0. The highest BCUT2D eigenvalue weighted by atomic mass is 35.5. The molecule has 1 aromatic carbocycles. The van der Waals surface area contributed by atoms with Gasteiger partial charge in [0.15, 0.2) is 0 Å². The molecule has 0 spiro atoms. The summed E-state index contributed by atoms with van der Waals surface area (Å²) in [5.74, 6) is -0.698. The fourth-order valence-electron chi connectivity index (χ4n) is 2.58. The van der Waals surface area contributed by atoms with Crippen LogP contribution in [-0.4, -0.2) is 22.8 Å². The molecular weight excluding hydrogens is 308 g/mol. The molecular formula is C15H13ClN2O2S. The van der Waals surface area contributed by atoms with E-state index in [-0.39, 0.29) is 5.91 Å². The van der Waals surface area contributed by atoms with Gasteiger partial charge in [-0.25, -0.2) is 0 Å². The van der Waals surface area contributed by atoms with Gasteiger partial charge in [0.05, 0.1) is 9.90 Å². The van der Waals surface area contributed by atoms with Crippen molar-refractivity contribution in [2.24, 2.45) is 5.73 Å². The standard InChI is InChI=1S/C15H13ClN2O2S/c16-13-6-11(8-21-13)15(20)18-7-10-4-2-1-3-9(10)5-12(18)14(17)19/h1-4,6,8,12H,5,7H2,(H2,17,19)/t12-/m0/s1. The molecule has 1 aromatic heterocycles. The zero-order valence-corrected chi connectivity index (χ0v) is 12.7. The van der Waals surface area contributed by atoms with Crippen LogP contribution in [-0.2, 0) is 17.8 Å². The van der Waals surface area contributed by atoms with Crippen molar-refractivity contribution < 1.29 is 9.59 Å². The van der Waals surface area contributed by atoms with Crippen molar-refractivity contribution in [1.29, 1.82) is 0 Å². The fourth-order valence-corrected chi connectivity index (χ4v) is 3.43. The molecule has 0 fully saturated rings. The highest BCUT2D eigenvalue weighted by Crippen LogP contribution is 2.27. The maximum atomic E-state index is 12.6. The van der Waals surface area contributed by atoms with Gasteiger partial charge in [0, 0.05) is 18.3 Å². The van der Waals surface area contributed by atoms with Crippen LogP contribution in [0.4, 0.5) is 0 Å². The van der Waals surface area contributed by atoms with Crippen molar-refractivity contribution in [2.45, 2.75) is 19.0 Å². The van der Waals surface area contributed by atoms with Gasteiger partial charge in [-0.3, -0.25) is 9.59 Å². The van der Waals surface area contributed by atoms with Gasteiger partial charge in [-0.15, -0.1) is 11.3 Å². The molecule has 4 nitrogen and oxygen atoms in total. The Balaban J connectivity index is 1.96. The minimum atomic E-state index is -0.619. The topological polar surface area (TPSA) is 63.4 Å². The molecule has 21 heavy (non-hydrogen) atoms. The van der Waals surface area contributed by atoms with Crippen LogP contribution in [0.15, 0.2) is 35.7 Å². The van der Waals surface area contributed by atoms with E-state index in [9.17, 15) is 9.59 Å². The van der Waals surface area contributed by atoms with Gasteiger partial charge in [-0.05, 0) is 17.2 Å². The summed E-state index contributed by atoms with van der Waals surface area (Å²) in [6, 6.07) is 8.78. The molecule has 0 saturated heterocycles. The van der Waals surface area contributed by atoms with E-state index in [1.165, 1.54) is 16.2 Å². The number of thiophene rings is 1. The van der Waals surface area contributed by atoms with Crippen LogP contribution in [0, 0.1) is 0 Å². The predicted molar refractivity (Wildman–Crippen MR) is 82.3 cm³/mol. The molecule has 1 atom stereocenters. The molecule has 1 aliphatic rings. The molecule has 0 unspecified atom stereocenters. The molecule has 3 rings (SSSR count). The second-order valence-corrected chi connectivity index (χ2v) is 6.51. The molecule has 0 saturated carbocycles. The van der Waals surface area contributed by atoms with Crippen LogP contribution >= 0.6 is 22.9 Å². The first-order valence-electron chi connectivity index (χ1n) is 6.47. The van der Waals surface area contributed by atoms with E-state index in [0.717, 1.165) is 11.1 Å². The molecule has 2 amide bonds. The summed E-state index contributed by atoms with van der Waals surface area (Å²) >= 11 is 7.17. The molecule has 2 N–H and O–H groups in total. The number of fused-ring (bicyclic) bond motifs is 1. The third kappa shape index (κ3) is 2.66. The van der Waals surface area contributed by atoms with Gasteiger partial charge in [-0.1, -0.05) is 35.9 Å². The Kier molecular flexibility index (Phi) is 3.69. The van der Waals surface area contributed by atoms with Crippen LogP contribution in [0.5, 0.6) is 0 Å². The number of hydrogen-bond acceptors (Lipinski definition) is 3. The second-order valence-electron chi connectivity index (χ2n) is 4.96. The number of nitrogens with two attached hydrogens (primary N) is 1. The second kappa shape index (κ2) is 5.50. The lowest BCUT2D eigenvalue weighted by atomic mass is 9.93. The van der Waals surface area contributed by atoms with Crippen LogP contribution in [0.2, 0.25) is 4.34 Å². The lowest BCUT2D eigenvalue weighted by Gasteiger charge is -2.35. The molecule has 6 heteroatoms. The molecule has 0 radical (unpaired) electrons. The van der Waals surface area contributed by atoms with Crippen LogP contribution < -0.4 is 5.73 Å². The summed E-state index contributed by atoms with van der Waals surface area (Å²) in [6.07, 6.45) is 0.453. The number of halogens is 1. The van der Waals surface area contributed by atoms with Gasteiger partial charge in [0.1, 0.15) is 6.04 Å². The van der Waals surface area contributed by atoms with Gasteiger partial charge in [0.25, 0.3) is 5.91 Å². The maximum Gasteiger partial charge on any atom is 0.255 e. The van der Waals surface area contributed by atoms with E-state index in [1.54, 1.807) is 11.4 Å². The largest absolute Gasteiger partial charge is 0.368 e. The van der Waals surface area contributed by atoms with E-state index in [2.05, 4.69) is 0 Å². The number of amides is 2. The number of benzene rings is 1. The minimum Gasteiger partial charge on any atom is -0.368 e. The average molecular weight is 321 g/mol. The Labute approximate surface area is 131 Å². The summed E-state index contributed by atoms with van der Waals surface area (Å²) in [5, 5.41) is 1.70. The van der Waals surface area contributed by atoms with Gasteiger partial charge in [-0.2, -0.15) is 0 Å². The van der Waals surface area contributed by atoms with Crippen LogP contribution in [0.1, 0.15) is 21.5 Å². The number of carbonyl (C=O) groups excluding carboxylic acids is 2. The van der Waals surface area contributed by atoms with E-state index in [0.29, 0.717) is 22.9 Å². The Morgan fingerprint density at radius 1 is 1.29 bits per heavy atom. The minimum absolute atomic E-state index is 0.212. The van der Waals surface area contributed by atoms with Gasteiger partial charge < -0.3 is 10.6 Å². The predicted octanol–water partition coefficient (Wildman–Crippen LogP) is 2.45. The Morgan fingerprint density at radius 3 is 2.62 bits per heavy atom. The van der Waals surface area contributed by atoms with Crippen molar-refractivity contribution >= 4 is 34.8 Å². The van der Waals surface area contributed by atoms with E-state index in [1.807, 2.05) is 24.3 Å². The quantitative estimate of drug-likeness (QED) is 0.923. The summed E-state index contributed by atoms with van der Waals surface area (Å²) < 4.78 is 0.548. The Hall–Kier alpha value is -1.85. The number of carbonyl (C=O) groups is 2. The molecule has 1 aliphatic heterocycles. The first kappa shape index (κ1) is 14.1. The fraction of sp³-hybridized carbons (Fsp3) is 0.200. The SMILES string of the molecule is NC(=O)[C@@H]1Cc2ccccc2CN1C(=O)c1csc(Cl)c1. The number of hydrogen-bond donors (Lipinski definition) is 1. The number of nitrogens with zero attached hydrogens (tertiary/aromatic N) is 1. The third-order valence-electron chi connectivity index (χ3n) is 3.65. The first-order valence-corrected chi connectivity index (χ1v) is 7.73. The Morgan fingerprint density at radius 2 is 2.00 bits per heavy atom. The monoisotopic (exact) mass is 320 g/mol. The van der Waals surface area contributed by atoms with Crippen molar-refractivity contribution in [3.8, 4) is 0 Å². The van der Waals surface area contributed by atoms with E-state index >= 15 is 0 Å². The van der Waals surface area contributed by atoms with Crippen molar-refractivity contribution in [3.05, 3.63) is 56.7 Å². The van der Waals surface area contributed by atoms with Crippen LogP contribution in [0.25, 0.3) is 0 Å². The zero-order chi connectivity index (χ0) is 15.0. The van der Waals surface area contributed by atoms with Gasteiger partial charge in [0.2, 0.25) is 5.91 Å². The molecule has 0 aliphatic carbocycles. The summed E-state index contributed by atoms with van der Waals surface area (Å²) in [5.41, 5.74) is 8.09. The highest BCUT2D eigenvalue weighted by Gasteiger charge is 2.33. The number of primary amides is 1. The van der Waals surface area contributed by atoms with Crippen LogP contribution in [0.3, 0.4) is 0 Å². The van der Waals surface area contributed by atoms with E-state index in [4.69, 9.17) is 17.3 Å². The smallest absolute Gasteiger partial charge is 0.255 e. The summed E-state index contributed by atoms with van der Waals surface area (Å²) in [6.45, 7) is 0.385. The zero-order valence-electron chi connectivity index (χ0n) is 11.1. The highest BCUT2D eigenvalue weighted by molar-refractivity contribution is 7.14. The van der Waals surface area contributed by atoms with E-state index < -0.39 is 11.9 Å². The molecule has 0 bridgehead atoms. The Bertz CT molecular complexity index is 713. The molecule has 108 valence electrons. The lowest BCUT2D eigenvalue weighted by molar-refractivity contribution is -0.122. The average Bonchev–Trinajstić information content (AvgIpc) is 2.91. The molecule has 2 heterocycles. The maximum absolute atomic E-state index is 12.6. The third-order valence-corrected chi connectivity index (χ3v) is 4.74. The van der Waals surface area contributed by atoms with Crippen molar-refractivity contribution in [3.63, 3.8) is 0 Å². The van der Waals surface area contributed by atoms with Crippen molar-refractivity contribution in [2.75, 3.05) is 0 Å². The molecule has 2 aromatic rings. The van der Waals surface area contributed by atoms with Gasteiger partial charge >= 0.3 is 0 Å².